The first-order chi connectivity index (χ1) is 19.0. The second-order valence-electron chi connectivity index (χ2n) is 9.62. The number of pyridine rings is 1. The summed E-state index contributed by atoms with van der Waals surface area (Å²) in [7, 11) is 6.76. The zero-order valence-corrected chi connectivity index (χ0v) is 23.2. The Morgan fingerprint density at radius 3 is 2.48 bits per heavy atom. The number of carbonyl (C=O) groups is 1. The van der Waals surface area contributed by atoms with Crippen LogP contribution in [0.4, 0.5) is 30.5 Å². The number of aromatic nitrogens is 3. The van der Waals surface area contributed by atoms with Gasteiger partial charge in [0.25, 0.3) is 6.43 Å². The van der Waals surface area contributed by atoms with Gasteiger partial charge in [-0.3, -0.25) is 4.79 Å². The highest BCUT2D eigenvalue weighted by molar-refractivity contribution is 5.92. The molecule has 2 aromatic carbocycles. The maximum atomic E-state index is 14.8. The Labute approximate surface area is 230 Å². The van der Waals surface area contributed by atoms with E-state index in [-0.39, 0.29) is 17.9 Å². The average molecular weight is 553 g/mol. The molecule has 8 nitrogen and oxygen atoms in total. The average Bonchev–Trinajstić information content (AvgIpc) is 2.92. The molecule has 11 heteroatoms. The van der Waals surface area contributed by atoms with E-state index in [2.05, 4.69) is 20.3 Å². The lowest BCUT2D eigenvalue weighted by molar-refractivity contribution is -0.128. The number of hydrogen-bond acceptors (Lipinski definition) is 7. The molecule has 2 aromatic heterocycles. The molecule has 1 atom stereocenters. The van der Waals surface area contributed by atoms with Crippen molar-refractivity contribution in [2.75, 3.05) is 38.5 Å². The highest BCUT2D eigenvalue weighted by Crippen LogP contribution is 2.33. The Bertz CT molecular complexity index is 1550. The van der Waals surface area contributed by atoms with Crippen molar-refractivity contribution in [3.63, 3.8) is 0 Å². The van der Waals surface area contributed by atoms with Crippen LogP contribution in [0.25, 0.3) is 10.9 Å². The summed E-state index contributed by atoms with van der Waals surface area (Å²) in [5.74, 6) is 1.05. The quantitative estimate of drug-likeness (QED) is 0.273. The fourth-order valence-corrected chi connectivity index (χ4v) is 4.32. The summed E-state index contributed by atoms with van der Waals surface area (Å²) in [6.07, 6.45) is -1.13. The molecule has 0 saturated carbocycles. The number of alkyl halides is 2. The number of hydrogen-bond donors (Lipinski definition) is 1. The first kappa shape index (κ1) is 28.6. The van der Waals surface area contributed by atoms with Gasteiger partial charge < -0.3 is 19.9 Å². The molecule has 1 amide bonds. The molecular weight excluding hydrogens is 521 g/mol. The molecule has 0 unspecified atom stereocenters. The number of fused-ring (bicyclic) bond motifs is 1. The molecule has 0 aliphatic carbocycles. The van der Waals surface area contributed by atoms with Crippen LogP contribution in [0, 0.1) is 12.7 Å². The van der Waals surface area contributed by atoms with Crippen molar-refractivity contribution in [1.82, 2.24) is 19.9 Å². The lowest BCUT2D eigenvalue weighted by Gasteiger charge is -2.22. The van der Waals surface area contributed by atoms with E-state index in [4.69, 9.17) is 4.74 Å². The van der Waals surface area contributed by atoms with Crippen LogP contribution in [0.1, 0.15) is 41.9 Å². The van der Waals surface area contributed by atoms with Crippen molar-refractivity contribution < 1.29 is 22.7 Å². The predicted molar refractivity (Wildman–Crippen MR) is 149 cm³/mol. The van der Waals surface area contributed by atoms with Gasteiger partial charge in [0.1, 0.15) is 29.0 Å². The Balaban J connectivity index is 1.68. The fourth-order valence-electron chi connectivity index (χ4n) is 4.32. The van der Waals surface area contributed by atoms with Crippen molar-refractivity contribution in [1.29, 1.82) is 0 Å². The highest BCUT2D eigenvalue weighted by Gasteiger charge is 2.21. The van der Waals surface area contributed by atoms with Gasteiger partial charge in [-0.2, -0.15) is 0 Å². The van der Waals surface area contributed by atoms with Gasteiger partial charge in [-0.15, -0.1) is 0 Å². The lowest BCUT2D eigenvalue weighted by atomic mass is 10.0. The van der Waals surface area contributed by atoms with Gasteiger partial charge in [0.05, 0.1) is 30.7 Å². The van der Waals surface area contributed by atoms with Crippen LogP contribution in [0.2, 0.25) is 0 Å². The maximum absolute atomic E-state index is 14.8. The summed E-state index contributed by atoms with van der Waals surface area (Å²) in [6.45, 7) is 3.43. The number of halogens is 3. The molecule has 0 fully saturated rings. The van der Waals surface area contributed by atoms with Crippen LogP contribution in [-0.4, -0.2) is 54.0 Å². The van der Waals surface area contributed by atoms with Gasteiger partial charge >= 0.3 is 0 Å². The monoisotopic (exact) mass is 552 g/mol. The first-order valence-electron chi connectivity index (χ1n) is 12.6. The second-order valence-corrected chi connectivity index (χ2v) is 9.62. The van der Waals surface area contributed by atoms with Crippen molar-refractivity contribution in [2.45, 2.75) is 32.7 Å². The summed E-state index contributed by atoms with van der Waals surface area (Å²) < 4.78 is 46.9. The number of methoxy groups -OCH3 is 1. The van der Waals surface area contributed by atoms with Crippen molar-refractivity contribution >= 4 is 34.1 Å². The minimum atomic E-state index is -2.91. The molecule has 4 rings (SSSR count). The zero-order valence-electron chi connectivity index (χ0n) is 23.2. The largest absolute Gasteiger partial charge is 0.496 e. The third kappa shape index (κ3) is 5.93. The van der Waals surface area contributed by atoms with Crippen LogP contribution in [0.15, 0.2) is 48.7 Å². The number of carbonyl (C=O) groups excluding carboxylic acids is 1. The minimum Gasteiger partial charge on any atom is -0.496 e. The Morgan fingerprint density at radius 1 is 1.07 bits per heavy atom. The van der Waals surface area contributed by atoms with Gasteiger partial charge in [0, 0.05) is 55.6 Å². The Morgan fingerprint density at radius 2 is 1.80 bits per heavy atom. The van der Waals surface area contributed by atoms with Gasteiger partial charge in [-0.05, 0) is 32.0 Å². The fraction of sp³-hybridized carbons (Fsp3) is 0.310. The molecule has 0 spiro atoms. The van der Waals surface area contributed by atoms with E-state index < -0.39 is 23.8 Å². The minimum absolute atomic E-state index is 0.0684. The molecule has 0 aliphatic rings. The number of rotatable bonds is 9. The molecule has 0 aliphatic heterocycles. The van der Waals surface area contributed by atoms with Crippen molar-refractivity contribution in [3.05, 3.63) is 77.0 Å². The molecule has 210 valence electrons. The highest BCUT2D eigenvalue weighted by atomic mass is 19.3. The second kappa shape index (κ2) is 11.8. The Hall–Kier alpha value is -4.41. The molecule has 0 radical (unpaired) electrons. The molecule has 0 saturated heterocycles. The summed E-state index contributed by atoms with van der Waals surface area (Å²) in [6, 6.07) is 10.7. The van der Waals surface area contributed by atoms with E-state index in [1.54, 1.807) is 40.2 Å². The third-order valence-corrected chi connectivity index (χ3v) is 6.63. The summed E-state index contributed by atoms with van der Waals surface area (Å²) >= 11 is 0. The van der Waals surface area contributed by atoms with E-state index in [0.717, 1.165) is 11.8 Å². The van der Waals surface area contributed by atoms with Gasteiger partial charge in [-0.25, -0.2) is 28.1 Å². The number of benzene rings is 2. The maximum Gasteiger partial charge on any atom is 0.266 e. The van der Waals surface area contributed by atoms with E-state index in [1.165, 1.54) is 24.1 Å². The number of anilines is 3. The van der Waals surface area contributed by atoms with E-state index >= 15 is 0 Å². The molecule has 40 heavy (non-hydrogen) atoms. The van der Waals surface area contributed by atoms with Crippen LogP contribution < -0.4 is 15.0 Å². The van der Waals surface area contributed by atoms with Crippen molar-refractivity contribution in [3.8, 4) is 5.75 Å². The number of likely N-dealkylation sites (N-methyl/N-ethyl adjacent to an activating group) is 1. The van der Waals surface area contributed by atoms with Crippen LogP contribution in [0.5, 0.6) is 5.75 Å². The first-order valence-corrected chi connectivity index (χ1v) is 12.6. The molecule has 1 N–H and O–H groups in total. The smallest absolute Gasteiger partial charge is 0.266 e. The topological polar surface area (TPSA) is 83.5 Å². The van der Waals surface area contributed by atoms with E-state index in [0.29, 0.717) is 39.7 Å². The number of nitrogens with one attached hydrogen (secondary N) is 1. The van der Waals surface area contributed by atoms with E-state index in [9.17, 15) is 18.0 Å². The number of ether oxygens (including phenoxy) is 1. The summed E-state index contributed by atoms with van der Waals surface area (Å²) in [5.41, 5.74) is 1.56. The van der Waals surface area contributed by atoms with E-state index in [1.807, 2.05) is 30.1 Å². The zero-order chi connectivity index (χ0) is 29.1. The standard InChI is InChI=1S/C29H31F3N6O2/c1-16(20-8-7-9-21(27(20)30)28(31)32)34-29-22-13-19(10-11-23(22)35-17(2)36-29)38(5)25-14-24(40-6)18(15-33-25)12-26(39)37(3)4/h7-11,13-16,28H,12H2,1-6H3,(H,34,35,36)/t16-/m1/s1. The normalized spacial score (nSPS) is 11.9. The van der Waals surface area contributed by atoms with Crippen LogP contribution in [-0.2, 0) is 11.2 Å². The number of aryl methyl sites for hydroxylation is 1. The molecule has 4 aromatic rings. The number of amides is 1. The van der Waals surface area contributed by atoms with Gasteiger partial charge in [-0.1, -0.05) is 18.2 Å². The number of nitrogens with zero attached hydrogens (tertiary/aromatic N) is 5. The van der Waals surface area contributed by atoms with Crippen LogP contribution >= 0.6 is 0 Å². The predicted octanol–water partition coefficient (Wildman–Crippen LogP) is 5.99. The third-order valence-electron chi connectivity index (χ3n) is 6.63. The van der Waals surface area contributed by atoms with Gasteiger partial charge in [0.2, 0.25) is 5.91 Å². The van der Waals surface area contributed by atoms with Gasteiger partial charge in [0.15, 0.2) is 0 Å². The van der Waals surface area contributed by atoms with Crippen molar-refractivity contribution in [2.24, 2.45) is 0 Å². The Kier molecular flexibility index (Phi) is 8.41. The SMILES string of the molecule is COc1cc(N(C)c2ccc3nc(C)nc(N[C@H](C)c4cccc(C(F)F)c4F)c3c2)ncc1CC(=O)N(C)C. The summed E-state index contributed by atoms with van der Waals surface area (Å²) in [4.78, 5) is 29.1. The molecular formula is C29H31F3N6O2. The summed E-state index contributed by atoms with van der Waals surface area (Å²) in [5, 5.41) is 3.84. The molecule has 2 heterocycles. The van der Waals surface area contributed by atoms with Crippen LogP contribution in [0.3, 0.4) is 0 Å². The lowest BCUT2D eigenvalue weighted by Crippen LogP contribution is -2.24. The molecule has 0 bridgehead atoms.